The van der Waals surface area contributed by atoms with Crippen LogP contribution in [0.3, 0.4) is 0 Å². The van der Waals surface area contributed by atoms with Gasteiger partial charge in [0.1, 0.15) is 11.1 Å². The van der Waals surface area contributed by atoms with Gasteiger partial charge >= 0.3 is 6.18 Å². The Kier molecular flexibility index (Phi) is 5.32. The minimum Gasteiger partial charge on any atom is -0.369 e. The van der Waals surface area contributed by atoms with Crippen LogP contribution in [0.25, 0.3) is 5.82 Å². The average molecular weight is 443 g/mol. The maximum absolute atomic E-state index is 12.7. The third-order valence-electron chi connectivity index (χ3n) is 4.46. The van der Waals surface area contributed by atoms with Crippen LogP contribution in [0.5, 0.6) is 0 Å². The predicted molar refractivity (Wildman–Crippen MR) is 103 cm³/mol. The number of aromatic nitrogens is 3. The van der Waals surface area contributed by atoms with Gasteiger partial charge in [0, 0.05) is 24.2 Å². The maximum atomic E-state index is 12.7. The lowest BCUT2D eigenvalue weighted by atomic mass is 10.2. The van der Waals surface area contributed by atoms with E-state index in [2.05, 4.69) is 10.1 Å². The number of halogens is 4. The molecule has 0 aromatic carbocycles. The Bertz CT molecular complexity index is 1050. The third kappa shape index (κ3) is 4.00. The van der Waals surface area contributed by atoms with E-state index in [0.29, 0.717) is 31.6 Å². The van der Waals surface area contributed by atoms with Crippen LogP contribution in [0.4, 0.5) is 18.9 Å². The zero-order valence-corrected chi connectivity index (χ0v) is 16.3. The molecule has 6 nitrogen and oxygen atoms in total. The molecule has 1 aliphatic rings. The maximum Gasteiger partial charge on any atom is 0.417 e. The quantitative estimate of drug-likeness (QED) is 0.615. The monoisotopic (exact) mass is 442 g/mol. The van der Waals surface area contributed by atoms with Crippen molar-refractivity contribution < 1.29 is 17.9 Å². The Morgan fingerprint density at radius 2 is 2.07 bits per heavy atom. The minimum atomic E-state index is -4.51. The number of anilines is 1. The van der Waals surface area contributed by atoms with Crippen LogP contribution >= 0.6 is 22.9 Å². The van der Waals surface area contributed by atoms with E-state index in [1.54, 1.807) is 11.3 Å². The summed E-state index contributed by atoms with van der Waals surface area (Å²) in [7, 11) is 0. The molecule has 0 aliphatic carbocycles. The van der Waals surface area contributed by atoms with Crippen molar-refractivity contribution in [3.63, 3.8) is 0 Å². The summed E-state index contributed by atoms with van der Waals surface area (Å²) in [6.07, 6.45) is -2.58. The molecule has 0 N–H and O–H groups in total. The van der Waals surface area contributed by atoms with Crippen LogP contribution < -0.4 is 10.5 Å². The SMILES string of the molecule is O=c1c(Cl)c(N2CCOC(c3cccs3)C2)cnn1-c1ccc(C(F)(F)F)cn1. The van der Waals surface area contributed by atoms with Crippen molar-refractivity contribution in [2.45, 2.75) is 12.3 Å². The second-order valence-corrected chi connectivity index (χ2v) is 7.64. The highest BCUT2D eigenvalue weighted by molar-refractivity contribution is 7.10. The molecule has 1 aliphatic heterocycles. The summed E-state index contributed by atoms with van der Waals surface area (Å²) in [6.45, 7) is 1.50. The van der Waals surface area contributed by atoms with E-state index in [1.807, 2.05) is 22.4 Å². The van der Waals surface area contributed by atoms with E-state index in [9.17, 15) is 18.0 Å². The van der Waals surface area contributed by atoms with Crippen molar-refractivity contribution in [3.8, 4) is 5.82 Å². The first-order valence-electron chi connectivity index (χ1n) is 8.56. The second-order valence-electron chi connectivity index (χ2n) is 6.28. The highest BCUT2D eigenvalue weighted by Crippen LogP contribution is 2.31. The van der Waals surface area contributed by atoms with E-state index in [1.165, 1.54) is 6.20 Å². The molecular weight excluding hydrogens is 429 g/mol. The minimum absolute atomic E-state index is 0.0464. The number of pyridine rings is 1. The van der Waals surface area contributed by atoms with Crippen LogP contribution in [-0.4, -0.2) is 34.5 Å². The van der Waals surface area contributed by atoms with E-state index < -0.39 is 17.3 Å². The van der Waals surface area contributed by atoms with E-state index in [-0.39, 0.29) is 16.9 Å². The van der Waals surface area contributed by atoms with Crippen LogP contribution in [0, 0.1) is 0 Å². The van der Waals surface area contributed by atoms with Gasteiger partial charge in [-0.1, -0.05) is 17.7 Å². The summed E-state index contributed by atoms with van der Waals surface area (Å²) in [5.74, 6) is -0.0464. The molecule has 4 rings (SSSR count). The number of rotatable bonds is 3. The fourth-order valence-electron chi connectivity index (χ4n) is 3.00. The zero-order valence-electron chi connectivity index (χ0n) is 14.8. The van der Waals surface area contributed by atoms with E-state index in [0.717, 1.165) is 21.7 Å². The largest absolute Gasteiger partial charge is 0.417 e. The molecule has 0 amide bonds. The Morgan fingerprint density at radius 1 is 1.24 bits per heavy atom. The van der Waals surface area contributed by atoms with Crippen molar-refractivity contribution in [1.29, 1.82) is 0 Å². The van der Waals surface area contributed by atoms with Crippen LogP contribution in [0.2, 0.25) is 5.02 Å². The number of hydrogen-bond donors (Lipinski definition) is 0. The first-order valence-corrected chi connectivity index (χ1v) is 9.82. The Labute approximate surface area is 172 Å². The Hall–Kier alpha value is -2.43. The highest BCUT2D eigenvalue weighted by Gasteiger charge is 2.31. The van der Waals surface area contributed by atoms with Gasteiger partial charge < -0.3 is 9.64 Å². The van der Waals surface area contributed by atoms with E-state index >= 15 is 0 Å². The molecule has 0 saturated carbocycles. The first-order chi connectivity index (χ1) is 13.8. The molecule has 1 fully saturated rings. The van der Waals surface area contributed by atoms with Crippen LogP contribution in [-0.2, 0) is 10.9 Å². The summed E-state index contributed by atoms with van der Waals surface area (Å²) in [5, 5.41) is 5.95. The first kappa shape index (κ1) is 19.9. The Morgan fingerprint density at radius 3 is 2.72 bits per heavy atom. The van der Waals surface area contributed by atoms with Crippen LogP contribution in [0.1, 0.15) is 16.5 Å². The lowest BCUT2D eigenvalue weighted by molar-refractivity contribution is -0.137. The molecule has 4 heterocycles. The number of alkyl halides is 3. The van der Waals surface area contributed by atoms with E-state index in [4.69, 9.17) is 16.3 Å². The smallest absolute Gasteiger partial charge is 0.369 e. The fraction of sp³-hybridized carbons (Fsp3) is 0.278. The van der Waals surface area contributed by atoms with Crippen molar-refractivity contribution in [3.05, 3.63) is 67.9 Å². The summed E-state index contributed by atoms with van der Waals surface area (Å²) >= 11 is 7.88. The highest BCUT2D eigenvalue weighted by atomic mass is 35.5. The molecule has 3 aromatic rings. The van der Waals surface area contributed by atoms with Crippen molar-refractivity contribution >= 4 is 28.6 Å². The van der Waals surface area contributed by atoms with Gasteiger partial charge in [0.15, 0.2) is 5.82 Å². The molecule has 1 atom stereocenters. The molecule has 3 aromatic heterocycles. The number of hydrogen-bond acceptors (Lipinski definition) is 6. The van der Waals surface area contributed by atoms with Gasteiger partial charge in [-0.2, -0.15) is 23.0 Å². The third-order valence-corrected chi connectivity index (χ3v) is 5.78. The fourth-order valence-corrected chi connectivity index (χ4v) is 4.02. The number of thiophene rings is 1. The Balaban J connectivity index is 1.61. The molecular formula is C18H14ClF3N4O2S. The lowest BCUT2D eigenvalue weighted by Gasteiger charge is -2.34. The zero-order chi connectivity index (χ0) is 20.6. The average Bonchev–Trinajstić information content (AvgIpc) is 3.24. The molecule has 0 radical (unpaired) electrons. The number of nitrogens with zero attached hydrogens (tertiary/aromatic N) is 4. The summed E-state index contributed by atoms with van der Waals surface area (Å²) in [6, 6.07) is 5.84. The van der Waals surface area contributed by atoms with Gasteiger partial charge in [0.2, 0.25) is 0 Å². The van der Waals surface area contributed by atoms with Gasteiger partial charge in [-0.25, -0.2) is 4.98 Å². The molecule has 0 spiro atoms. The summed E-state index contributed by atoms with van der Waals surface area (Å²) in [4.78, 5) is 19.4. The lowest BCUT2D eigenvalue weighted by Crippen LogP contribution is -2.39. The molecule has 152 valence electrons. The van der Waals surface area contributed by atoms with Gasteiger partial charge in [-0.05, 0) is 23.6 Å². The molecule has 1 saturated heterocycles. The normalized spacial score (nSPS) is 17.5. The summed E-state index contributed by atoms with van der Waals surface area (Å²) in [5.41, 5.74) is -1.12. The van der Waals surface area contributed by atoms with Crippen molar-refractivity contribution in [1.82, 2.24) is 14.8 Å². The number of morpholine rings is 1. The van der Waals surface area contributed by atoms with Crippen molar-refractivity contribution in [2.24, 2.45) is 0 Å². The van der Waals surface area contributed by atoms with Gasteiger partial charge in [0.05, 0.1) is 24.1 Å². The topological polar surface area (TPSA) is 60.3 Å². The predicted octanol–water partition coefficient (Wildman–Crippen LogP) is 3.94. The van der Waals surface area contributed by atoms with Gasteiger partial charge in [-0.3, -0.25) is 4.79 Å². The molecule has 0 bridgehead atoms. The van der Waals surface area contributed by atoms with Gasteiger partial charge in [0.25, 0.3) is 5.56 Å². The number of ether oxygens (including phenoxy) is 1. The second kappa shape index (κ2) is 7.77. The summed E-state index contributed by atoms with van der Waals surface area (Å²) < 4.78 is 44.8. The molecule has 11 heteroatoms. The van der Waals surface area contributed by atoms with Crippen molar-refractivity contribution in [2.75, 3.05) is 24.6 Å². The van der Waals surface area contributed by atoms with Gasteiger partial charge in [-0.15, -0.1) is 11.3 Å². The van der Waals surface area contributed by atoms with Crippen LogP contribution in [0.15, 0.2) is 46.8 Å². The molecule has 1 unspecified atom stereocenters. The molecule has 29 heavy (non-hydrogen) atoms. The standard InChI is InChI=1S/C18H14ClF3N4O2S/c19-16-12(25-5-6-28-13(10-25)14-2-1-7-29-14)9-24-26(17(16)27)15-4-3-11(8-23-15)18(20,21)22/h1-4,7-9,13H,5-6,10H2.